The van der Waals surface area contributed by atoms with Gasteiger partial charge in [0.25, 0.3) is 0 Å². The van der Waals surface area contributed by atoms with Gasteiger partial charge in [0.2, 0.25) is 0 Å². The summed E-state index contributed by atoms with van der Waals surface area (Å²) in [5, 5.41) is 8.25. The summed E-state index contributed by atoms with van der Waals surface area (Å²) < 4.78 is 21.6. The molecular weight excluding hydrogens is 150 g/mol. The van der Waals surface area contributed by atoms with E-state index in [4.69, 9.17) is 5.26 Å². The average molecular weight is 159 g/mol. The molecule has 0 aromatic rings. The molecule has 0 amide bonds. The molecule has 0 spiro atoms. The molecular formula is C6H9NO2S. The van der Waals surface area contributed by atoms with Crippen molar-refractivity contribution in [2.75, 3.05) is 11.5 Å². The Morgan fingerprint density at radius 3 is 2.70 bits per heavy atom. The van der Waals surface area contributed by atoms with Gasteiger partial charge in [0.1, 0.15) is 0 Å². The Labute approximate surface area is 60.6 Å². The fraction of sp³-hybridized carbons (Fsp3) is 0.833. The van der Waals surface area contributed by atoms with Crippen molar-refractivity contribution in [1.29, 1.82) is 5.26 Å². The molecule has 1 aliphatic heterocycles. The highest BCUT2D eigenvalue weighted by molar-refractivity contribution is 7.91. The maximum atomic E-state index is 10.8. The van der Waals surface area contributed by atoms with E-state index in [9.17, 15) is 8.42 Å². The van der Waals surface area contributed by atoms with E-state index < -0.39 is 9.84 Å². The van der Waals surface area contributed by atoms with E-state index in [0.29, 0.717) is 12.8 Å². The monoisotopic (exact) mass is 159 g/mol. The SMILES string of the molecule is N#CCC1CCS(=O)(=O)C1. The van der Waals surface area contributed by atoms with Crippen LogP contribution in [0.5, 0.6) is 0 Å². The van der Waals surface area contributed by atoms with Gasteiger partial charge in [0, 0.05) is 6.42 Å². The van der Waals surface area contributed by atoms with Crippen LogP contribution in [0.25, 0.3) is 0 Å². The largest absolute Gasteiger partial charge is 0.229 e. The number of nitrogens with zero attached hydrogens (tertiary/aromatic N) is 1. The minimum Gasteiger partial charge on any atom is -0.229 e. The van der Waals surface area contributed by atoms with Crippen molar-refractivity contribution in [3.8, 4) is 6.07 Å². The number of nitriles is 1. The lowest BCUT2D eigenvalue weighted by atomic mass is 10.1. The van der Waals surface area contributed by atoms with Crippen molar-refractivity contribution < 1.29 is 8.42 Å². The van der Waals surface area contributed by atoms with Crippen molar-refractivity contribution in [1.82, 2.24) is 0 Å². The van der Waals surface area contributed by atoms with E-state index in [1.165, 1.54) is 0 Å². The molecule has 0 N–H and O–H groups in total. The summed E-state index contributed by atoms with van der Waals surface area (Å²) in [5.41, 5.74) is 0. The maximum absolute atomic E-state index is 10.8. The van der Waals surface area contributed by atoms with Gasteiger partial charge >= 0.3 is 0 Å². The number of hydrogen-bond acceptors (Lipinski definition) is 3. The van der Waals surface area contributed by atoms with E-state index >= 15 is 0 Å². The first-order valence-electron chi connectivity index (χ1n) is 3.21. The second-order valence-corrected chi connectivity index (χ2v) is 4.86. The summed E-state index contributed by atoms with van der Waals surface area (Å²) in [6, 6.07) is 1.98. The molecule has 1 heterocycles. The highest BCUT2D eigenvalue weighted by atomic mass is 32.2. The van der Waals surface area contributed by atoms with Crippen LogP contribution in [-0.4, -0.2) is 19.9 Å². The van der Waals surface area contributed by atoms with Crippen LogP contribution in [0, 0.1) is 17.2 Å². The van der Waals surface area contributed by atoms with Crippen LogP contribution in [0.4, 0.5) is 0 Å². The van der Waals surface area contributed by atoms with Crippen molar-refractivity contribution in [2.45, 2.75) is 12.8 Å². The van der Waals surface area contributed by atoms with Crippen LogP contribution in [-0.2, 0) is 9.84 Å². The lowest BCUT2D eigenvalue weighted by Crippen LogP contribution is -2.03. The molecule has 56 valence electrons. The zero-order valence-corrected chi connectivity index (χ0v) is 6.39. The zero-order valence-electron chi connectivity index (χ0n) is 5.58. The molecule has 1 unspecified atom stereocenters. The Balaban J connectivity index is 2.54. The summed E-state index contributed by atoms with van der Waals surface area (Å²) in [5.74, 6) is 0.606. The maximum Gasteiger partial charge on any atom is 0.150 e. The van der Waals surface area contributed by atoms with Gasteiger partial charge in [-0.3, -0.25) is 0 Å². The first-order chi connectivity index (χ1) is 4.64. The molecule has 1 atom stereocenters. The first-order valence-corrected chi connectivity index (χ1v) is 5.03. The molecule has 1 rings (SSSR count). The molecule has 0 saturated carbocycles. The fourth-order valence-electron chi connectivity index (χ4n) is 1.16. The molecule has 0 aromatic carbocycles. The average Bonchev–Trinajstić information content (AvgIpc) is 2.12. The Kier molecular flexibility index (Phi) is 1.95. The fourth-order valence-corrected chi connectivity index (χ4v) is 3.02. The summed E-state index contributed by atoms with van der Waals surface area (Å²) in [6.45, 7) is 0. The van der Waals surface area contributed by atoms with E-state index in [1.54, 1.807) is 0 Å². The van der Waals surface area contributed by atoms with Gasteiger partial charge < -0.3 is 0 Å². The highest BCUT2D eigenvalue weighted by Crippen LogP contribution is 2.20. The third kappa shape index (κ3) is 1.71. The molecule has 1 fully saturated rings. The van der Waals surface area contributed by atoms with Crippen molar-refractivity contribution in [3.63, 3.8) is 0 Å². The standard InChI is InChI=1S/C6H9NO2S/c7-3-1-6-2-4-10(8,9)5-6/h6H,1-2,4-5H2. The lowest BCUT2D eigenvalue weighted by molar-refractivity contribution is 0.592. The quantitative estimate of drug-likeness (QED) is 0.554. The molecule has 1 saturated heterocycles. The molecule has 0 aromatic heterocycles. The third-order valence-corrected chi connectivity index (χ3v) is 3.54. The minimum atomic E-state index is -2.77. The summed E-state index contributed by atoms with van der Waals surface area (Å²) in [6.07, 6.45) is 1.06. The van der Waals surface area contributed by atoms with Gasteiger partial charge in [0.15, 0.2) is 9.84 Å². The van der Waals surface area contributed by atoms with Crippen LogP contribution in [0.15, 0.2) is 0 Å². The minimum absolute atomic E-state index is 0.106. The number of rotatable bonds is 1. The van der Waals surface area contributed by atoms with Crippen molar-refractivity contribution in [3.05, 3.63) is 0 Å². The van der Waals surface area contributed by atoms with Crippen LogP contribution >= 0.6 is 0 Å². The molecule has 0 aliphatic carbocycles. The van der Waals surface area contributed by atoms with Gasteiger partial charge in [0.05, 0.1) is 17.6 Å². The predicted molar refractivity (Wildman–Crippen MR) is 37.0 cm³/mol. The summed E-state index contributed by atoms with van der Waals surface area (Å²) in [4.78, 5) is 0. The molecule has 0 bridgehead atoms. The van der Waals surface area contributed by atoms with E-state index in [0.717, 1.165) is 0 Å². The smallest absolute Gasteiger partial charge is 0.150 e. The van der Waals surface area contributed by atoms with Crippen LogP contribution in [0.1, 0.15) is 12.8 Å². The summed E-state index contributed by atoms with van der Waals surface area (Å²) in [7, 11) is -2.77. The van der Waals surface area contributed by atoms with Crippen LogP contribution in [0.3, 0.4) is 0 Å². The normalized spacial score (nSPS) is 29.7. The Hall–Kier alpha value is -0.560. The second-order valence-electron chi connectivity index (χ2n) is 2.63. The Morgan fingerprint density at radius 1 is 1.60 bits per heavy atom. The molecule has 10 heavy (non-hydrogen) atoms. The topological polar surface area (TPSA) is 57.9 Å². The van der Waals surface area contributed by atoms with E-state index in [1.807, 2.05) is 6.07 Å². The first kappa shape index (κ1) is 7.55. The third-order valence-electron chi connectivity index (χ3n) is 1.71. The predicted octanol–water partition coefficient (Wildman–Crippen LogP) is 0.335. The Morgan fingerprint density at radius 2 is 2.30 bits per heavy atom. The highest BCUT2D eigenvalue weighted by Gasteiger charge is 2.27. The van der Waals surface area contributed by atoms with Gasteiger partial charge in [-0.15, -0.1) is 0 Å². The number of hydrogen-bond donors (Lipinski definition) is 0. The van der Waals surface area contributed by atoms with Gasteiger partial charge in [-0.05, 0) is 12.3 Å². The van der Waals surface area contributed by atoms with E-state index in [-0.39, 0.29) is 17.4 Å². The van der Waals surface area contributed by atoms with Gasteiger partial charge in [-0.25, -0.2) is 8.42 Å². The van der Waals surface area contributed by atoms with Crippen molar-refractivity contribution >= 4 is 9.84 Å². The van der Waals surface area contributed by atoms with Crippen LogP contribution < -0.4 is 0 Å². The van der Waals surface area contributed by atoms with Crippen molar-refractivity contribution in [2.24, 2.45) is 5.92 Å². The second kappa shape index (κ2) is 2.59. The molecule has 1 aliphatic rings. The molecule has 4 heteroatoms. The molecule has 3 nitrogen and oxygen atoms in total. The molecule has 0 radical (unpaired) electrons. The van der Waals surface area contributed by atoms with E-state index in [2.05, 4.69) is 0 Å². The lowest BCUT2D eigenvalue weighted by Gasteiger charge is -1.96. The van der Waals surface area contributed by atoms with Gasteiger partial charge in [-0.2, -0.15) is 5.26 Å². The van der Waals surface area contributed by atoms with Gasteiger partial charge in [-0.1, -0.05) is 0 Å². The Bertz CT molecular complexity index is 249. The van der Waals surface area contributed by atoms with Crippen LogP contribution in [0.2, 0.25) is 0 Å². The summed E-state index contributed by atoms with van der Waals surface area (Å²) >= 11 is 0. The number of sulfone groups is 1. The zero-order chi connectivity index (χ0) is 7.61.